The lowest BCUT2D eigenvalue weighted by molar-refractivity contribution is -0.126. The maximum absolute atomic E-state index is 12.0. The van der Waals surface area contributed by atoms with E-state index in [0.717, 1.165) is 25.8 Å². The van der Waals surface area contributed by atoms with Crippen molar-refractivity contribution in [3.8, 4) is 0 Å². The molecule has 3 nitrogen and oxygen atoms in total. The summed E-state index contributed by atoms with van der Waals surface area (Å²) in [4.78, 5) is 12.0. The van der Waals surface area contributed by atoms with Crippen molar-refractivity contribution in [2.24, 2.45) is 28.9 Å². The van der Waals surface area contributed by atoms with Crippen molar-refractivity contribution in [2.75, 3.05) is 13.1 Å². The summed E-state index contributed by atoms with van der Waals surface area (Å²) in [6.45, 7) is 6.05. The van der Waals surface area contributed by atoms with Gasteiger partial charge in [0.2, 0.25) is 5.91 Å². The Morgan fingerprint density at radius 3 is 2.59 bits per heavy atom. The molecule has 0 aliphatic heterocycles. The topological polar surface area (TPSA) is 55.1 Å². The first-order chi connectivity index (χ1) is 7.54. The average Bonchev–Trinajstić information content (AvgIpc) is 2.68. The fourth-order valence-electron chi connectivity index (χ4n) is 2.94. The highest BCUT2D eigenvalue weighted by Gasteiger charge is 2.45. The monoisotopic (exact) mass is 260 g/mol. The van der Waals surface area contributed by atoms with Crippen LogP contribution >= 0.6 is 12.4 Å². The van der Waals surface area contributed by atoms with E-state index in [9.17, 15) is 4.79 Å². The lowest BCUT2D eigenvalue weighted by atomic mass is 9.95. The molecule has 2 rings (SSSR count). The number of carbonyl (C=O) groups excluding carboxylic acids is 1. The van der Waals surface area contributed by atoms with Crippen LogP contribution in [0.1, 0.15) is 39.5 Å². The Kier molecular flexibility index (Phi) is 4.85. The van der Waals surface area contributed by atoms with Crippen LogP contribution in [0.25, 0.3) is 0 Å². The van der Waals surface area contributed by atoms with Crippen molar-refractivity contribution in [2.45, 2.75) is 39.5 Å². The van der Waals surface area contributed by atoms with Crippen LogP contribution in [0.3, 0.4) is 0 Å². The summed E-state index contributed by atoms with van der Waals surface area (Å²) in [5.41, 5.74) is 6.15. The second-order valence-electron chi connectivity index (χ2n) is 6.17. The molecule has 100 valence electrons. The Morgan fingerprint density at radius 2 is 2.06 bits per heavy atom. The van der Waals surface area contributed by atoms with Crippen molar-refractivity contribution in [1.29, 1.82) is 0 Å². The number of hydrogen-bond donors (Lipinski definition) is 2. The second kappa shape index (κ2) is 5.57. The van der Waals surface area contributed by atoms with Gasteiger partial charge in [-0.1, -0.05) is 20.3 Å². The molecule has 2 aliphatic carbocycles. The molecule has 4 heteroatoms. The zero-order chi connectivity index (χ0) is 11.8. The van der Waals surface area contributed by atoms with Gasteiger partial charge < -0.3 is 11.1 Å². The third-order valence-corrected chi connectivity index (χ3v) is 4.54. The predicted molar refractivity (Wildman–Crippen MR) is 72.0 cm³/mol. The standard InChI is InChI=1S/C13H24N2O.ClH/c1-13(2)6-10(13)8-15-12(16)11-5-3-4-9(11)7-14;/h9-11H,3-8,14H2,1-2H3,(H,15,16);1H/t9-,10?,11-;/m1./s1. The van der Waals surface area contributed by atoms with Crippen LogP contribution in [0.15, 0.2) is 0 Å². The van der Waals surface area contributed by atoms with Gasteiger partial charge in [0, 0.05) is 12.5 Å². The molecule has 0 aromatic heterocycles. The van der Waals surface area contributed by atoms with Crippen LogP contribution in [0.2, 0.25) is 0 Å². The fraction of sp³-hybridized carbons (Fsp3) is 0.923. The van der Waals surface area contributed by atoms with E-state index < -0.39 is 0 Å². The zero-order valence-electron chi connectivity index (χ0n) is 10.9. The Balaban J connectivity index is 0.00000144. The minimum absolute atomic E-state index is 0. The molecule has 2 saturated carbocycles. The van der Waals surface area contributed by atoms with E-state index in [2.05, 4.69) is 19.2 Å². The van der Waals surface area contributed by atoms with Gasteiger partial charge in [-0.3, -0.25) is 4.79 Å². The third kappa shape index (κ3) is 3.35. The Morgan fingerprint density at radius 1 is 1.41 bits per heavy atom. The van der Waals surface area contributed by atoms with Crippen LogP contribution in [0, 0.1) is 23.2 Å². The first-order valence-corrected chi connectivity index (χ1v) is 6.52. The summed E-state index contributed by atoms with van der Waals surface area (Å²) in [6.07, 6.45) is 4.57. The Hall–Kier alpha value is -0.280. The fourth-order valence-corrected chi connectivity index (χ4v) is 2.94. The van der Waals surface area contributed by atoms with Gasteiger partial charge in [0.25, 0.3) is 0 Å². The molecule has 1 unspecified atom stereocenters. The summed E-state index contributed by atoms with van der Waals surface area (Å²) in [5.74, 6) is 1.55. The SMILES string of the molecule is CC1(C)CC1CNC(=O)[C@@H]1CCC[C@@H]1CN.Cl. The molecule has 0 bridgehead atoms. The molecular formula is C13H25ClN2O. The molecule has 2 aliphatic rings. The normalized spacial score (nSPS) is 33.9. The number of nitrogens with one attached hydrogen (secondary N) is 1. The number of amides is 1. The molecule has 1 amide bonds. The second-order valence-corrected chi connectivity index (χ2v) is 6.17. The molecule has 3 N–H and O–H groups in total. The number of nitrogens with two attached hydrogens (primary N) is 1. The molecule has 0 aromatic rings. The van der Waals surface area contributed by atoms with Gasteiger partial charge in [-0.15, -0.1) is 12.4 Å². The quantitative estimate of drug-likeness (QED) is 0.812. The molecular weight excluding hydrogens is 236 g/mol. The van der Waals surface area contributed by atoms with Crippen molar-refractivity contribution < 1.29 is 4.79 Å². The summed E-state index contributed by atoms with van der Waals surface area (Å²) in [7, 11) is 0. The zero-order valence-corrected chi connectivity index (χ0v) is 11.7. The smallest absolute Gasteiger partial charge is 0.223 e. The van der Waals surface area contributed by atoms with Crippen molar-refractivity contribution in [1.82, 2.24) is 5.32 Å². The van der Waals surface area contributed by atoms with Crippen LogP contribution in [-0.2, 0) is 4.79 Å². The number of hydrogen-bond acceptors (Lipinski definition) is 2. The maximum Gasteiger partial charge on any atom is 0.223 e. The van der Waals surface area contributed by atoms with Crippen LogP contribution in [0.4, 0.5) is 0 Å². The minimum Gasteiger partial charge on any atom is -0.356 e. The van der Waals surface area contributed by atoms with Crippen LogP contribution in [0.5, 0.6) is 0 Å². The molecule has 0 spiro atoms. The summed E-state index contributed by atoms with van der Waals surface area (Å²) >= 11 is 0. The Bertz CT molecular complexity index is 281. The van der Waals surface area contributed by atoms with E-state index in [1.165, 1.54) is 6.42 Å². The van der Waals surface area contributed by atoms with Gasteiger partial charge in [-0.25, -0.2) is 0 Å². The number of halogens is 1. The van der Waals surface area contributed by atoms with E-state index in [0.29, 0.717) is 23.8 Å². The molecule has 0 aromatic carbocycles. The molecule has 3 atom stereocenters. The van der Waals surface area contributed by atoms with E-state index >= 15 is 0 Å². The van der Waals surface area contributed by atoms with E-state index in [1.807, 2.05) is 0 Å². The van der Waals surface area contributed by atoms with Crippen LogP contribution in [-0.4, -0.2) is 19.0 Å². The predicted octanol–water partition coefficient (Wildman–Crippen LogP) is 1.95. The highest BCUT2D eigenvalue weighted by Crippen LogP contribution is 2.51. The van der Waals surface area contributed by atoms with E-state index in [4.69, 9.17) is 5.73 Å². The van der Waals surface area contributed by atoms with Gasteiger partial charge in [0.05, 0.1) is 0 Å². The number of rotatable bonds is 4. The van der Waals surface area contributed by atoms with Gasteiger partial charge in [-0.05, 0) is 43.1 Å². The van der Waals surface area contributed by atoms with Crippen molar-refractivity contribution in [3.05, 3.63) is 0 Å². The third-order valence-electron chi connectivity index (χ3n) is 4.54. The van der Waals surface area contributed by atoms with Gasteiger partial charge in [0.15, 0.2) is 0 Å². The first-order valence-electron chi connectivity index (χ1n) is 6.52. The van der Waals surface area contributed by atoms with Crippen molar-refractivity contribution >= 4 is 18.3 Å². The van der Waals surface area contributed by atoms with Crippen molar-refractivity contribution in [3.63, 3.8) is 0 Å². The lowest BCUT2D eigenvalue weighted by Gasteiger charge is -2.17. The molecule has 0 heterocycles. The average molecular weight is 261 g/mol. The molecule has 0 radical (unpaired) electrons. The van der Waals surface area contributed by atoms with Gasteiger partial charge >= 0.3 is 0 Å². The van der Waals surface area contributed by atoms with Gasteiger partial charge in [-0.2, -0.15) is 0 Å². The largest absolute Gasteiger partial charge is 0.356 e. The molecule has 2 fully saturated rings. The molecule has 0 saturated heterocycles. The highest BCUT2D eigenvalue weighted by molar-refractivity contribution is 5.85. The summed E-state index contributed by atoms with van der Waals surface area (Å²) in [5, 5.41) is 3.11. The lowest BCUT2D eigenvalue weighted by Crippen LogP contribution is -2.36. The van der Waals surface area contributed by atoms with E-state index in [1.54, 1.807) is 0 Å². The summed E-state index contributed by atoms with van der Waals surface area (Å²) < 4.78 is 0. The first kappa shape index (κ1) is 14.8. The Labute approximate surface area is 110 Å². The maximum atomic E-state index is 12.0. The highest BCUT2D eigenvalue weighted by atomic mass is 35.5. The summed E-state index contributed by atoms with van der Waals surface area (Å²) in [6, 6.07) is 0. The van der Waals surface area contributed by atoms with Crippen LogP contribution < -0.4 is 11.1 Å². The molecule has 17 heavy (non-hydrogen) atoms. The van der Waals surface area contributed by atoms with E-state index in [-0.39, 0.29) is 24.2 Å². The number of carbonyl (C=O) groups is 1. The minimum atomic E-state index is 0. The van der Waals surface area contributed by atoms with Gasteiger partial charge in [0.1, 0.15) is 0 Å².